The lowest BCUT2D eigenvalue weighted by atomic mass is 10.0. The normalized spacial score (nSPS) is 15.0. The lowest BCUT2D eigenvalue weighted by Gasteiger charge is -2.32. The summed E-state index contributed by atoms with van der Waals surface area (Å²) in [5, 5.41) is 17.8. The summed E-state index contributed by atoms with van der Waals surface area (Å²) in [7, 11) is 1.60. The number of para-hydroxylation sites is 1. The Balaban J connectivity index is 2.03. The molecule has 8 heteroatoms. The average molecular weight is 394 g/mol. The first kappa shape index (κ1) is 18.2. The number of aromatic nitrogens is 3. The predicted molar refractivity (Wildman–Crippen MR) is 103 cm³/mol. The van der Waals surface area contributed by atoms with Crippen molar-refractivity contribution in [3.63, 3.8) is 0 Å². The number of hydrogen-bond donors (Lipinski definition) is 0. The van der Waals surface area contributed by atoms with E-state index in [0.717, 1.165) is 5.56 Å². The summed E-state index contributed by atoms with van der Waals surface area (Å²) in [5.74, 6) is 0.188. The molecule has 2 aromatic carbocycles. The highest BCUT2D eigenvalue weighted by Gasteiger charge is 2.43. The third-order valence-corrected chi connectivity index (χ3v) is 5.19. The summed E-state index contributed by atoms with van der Waals surface area (Å²) in [5.41, 5.74) is 2.47. The highest BCUT2D eigenvalue weighted by atomic mass is 32.2. The monoisotopic (exact) mass is 394 g/mol. The quantitative estimate of drug-likeness (QED) is 0.500. The van der Waals surface area contributed by atoms with E-state index in [-0.39, 0.29) is 11.8 Å². The van der Waals surface area contributed by atoms with Gasteiger partial charge in [0.25, 0.3) is 17.0 Å². The van der Waals surface area contributed by atoms with Gasteiger partial charge in [-0.05, 0) is 42.7 Å². The first-order valence-corrected chi connectivity index (χ1v) is 9.85. The zero-order valence-corrected chi connectivity index (χ0v) is 16.4. The number of thioether (sulfide) groups is 1. The van der Waals surface area contributed by atoms with Crippen LogP contribution < -0.4 is 19.4 Å². The van der Waals surface area contributed by atoms with Crippen LogP contribution >= 0.6 is 11.8 Å². The van der Waals surface area contributed by atoms with Crippen LogP contribution in [0.1, 0.15) is 18.7 Å². The van der Waals surface area contributed by atoms with E-state index in [4.69, 9.17) is 4.74 Å². The maximum Gasteiger partial charge on any atom is 0.293 e. The molecule has 0 aliphatic carbocycles. The number of methoxy groups -OCH3 is 1. The second-order valence-electron chi connectivity index (χ2n) is 6.25. The third-order valence-electron chi connectivity index (χ3n) is 4.65. The van der Waals surface area contributed by atoms with Crippen LogP contribution in [0.4, 0.5) is 5.69 Å². The number of anilines is 1. The molecule has 2 heterocycles. The van der Waals surface area contributed by atoms with E-state index < -0.39 is 6.17 Å². The first-order valence-electron chi connectivity index (χ1n) is 8.63. The van der Waals surface area contributed by atoms with E-state index in [1.54, 1.807) is 16.7 Å². The molecule has 7 nitrogen and oxygen atoms in total. The van der Waals surface area contributed by atoms with Crippen molar-refractivity contribution in [3.05, 3.63) is 54.1 Å². The molecule has 0 spiro atoms. The Kier molecular flexibility index (Phi) is 4.64. The number of rotatable bonds is 3. The molecular weight excluding hydrogens is 376 g/mol. The van der Waals surface area contributed by atoms with Gasteiger partial charge >= 0.3 is 0 Å². The number of amides is 1. The van der Waals surface area contributed by atoms with Crippen LogP contribution in [0.2, 0.25) is 0 Å². The van der Waals surface area contributed by atoms with Crippen molar-refractivity contribution in [2.45, 2.75) is 18.2 Å². The molecule has 1 unspecified atom stereocenters. The van der Waals surface area contributed by atoms with E-state index in [1.165, 1.54) is 18.7 Å². The van der Waals surface area contributed by atoms with Gasteiger partial charge in [0.1, 0.15) is 5.75 Å². The molecule has 0 radical (unpaired) electrons. The maximum atomic E-state index is 12.9. The van der Waals surface area contributed by atoms with Crippen LogP contribution in [0, 0.1) is 0 Å². The summed E-state index contributed by atoms with van der Waals surface area (Å²) < 4.78 is 6.85. The van der Waals surface area contributed by atoms with Gasteiger partial charge in [0.15, 0.2) is 0 Å². The van der Waals surface area contributed by atoms with Crippen molar-refractivity contribution in [1.82, 2.24) is 10.1 Å². The Hall–Kier alpha value is -3.13. The van der Waals surface area contributed by atoms with Gasteiger partial charge in [0, 0.05) is 17.6 Å². The van der Waals surface area contributed by atoms with Crippen molar-refractivity contribution in [2.75, 3.05) is 18.3 Å². The van der Waals surface area contributed by atoms with E-state index in [9.17, 15) is 9.90 Å². The molecule has 142 valence electrons. The molecule has 3 aromatic rings. The van der Waals surface area contributed by atoms with Crippen molar-refractivity contribution in [2.24, 2.45) is 0 Å². The maximum absolute atomic E-state index is 12.9. The Labute approximate surface area is 166 Å². The fraction of sp³-hybridized carbons (Fsp3) is 0.200. The first-order chi connectivity index (χ1) is 13.5. The molecular formula is C20H18N4O3S. The summed E-state index contributed by atoms with van der Waals surface area (Å²) in [6.07, 6.45) is 1.21. The number of carbonyl (C=O) groups excluding carboxylic acids is 1. The molecule has 28 heavy (non-hydrogen) atoms. The van der Waals surface area contributed by atoms with Crippen molar-refractivity contribution >= 4 is 23.4 Å². The molecule has 0 fully saturated rings. The minimum absolute atomic E-state index is 0.150. The summed E-state index contributed by atoms with van der Waals surface area (Å²) in [4.78, 5) is 18.4. The van der Waals surface area contributed by atoms with Crippen LogP contribution in [0.5, 0.6) is 11.6 Å². The van der Waals surface area contributed by atoms with Crippen LogP contribution in [-0.4, -0.2) is 29.4 Å². The molecule has 0 saturated heterocycles. The van der Waals surface area contributed by atoms with Gasteiger partial charge in [-0.3, -0.25) is 4.79 Å². The highest BCUT2D eigenvalue weighted by molar-refractivity contribution is 7.98. The molecule has 1 aliphatic heterocycles. The van der Waals surface area contributed by atoms with Crippen LogP contribution in [-0.2, 0) is 4.79 Å². The zero-order valence-electron chi connectivity index (χ0n) is 15.6. The molecule has 0 bridgehead atoms. The second kappa shape index (κ2) is 7.12. The minimum atomic E-state index is -0.602. The minimum Gasteiger partial charge on any atom is -0.854 e. The SMILES string of the molecule is COc1ccc(C2N(C(C)=O)c3ccccc3-c3c([O-])nc(SC)n[n+]32)cc1. The number of ether oxygens (including phenoxy) is 1. The smallest absolute Gasteiger partial charge is 0.293 e. The number of fused-ring (bicyclic) bond motifs is 3. The predicted octanol–water partition coefficient (Wildman–Crippen LogP) is 2.15. The second-order valence-corrected chi connectivity index (χ2v) is 7.02. The van der Waals surface area contributed by atoms with E-state index in [2.05, 4.69) is 10.1 Å². The number of hydrogen-bond acceptors (Lipinski definition) is 6. The molecule has 1 amide bonds. The fourth-order valence-corrected chi connectivity index (χ4v) is 3.78. The van der Waals surface area contributed by atoms with Gasteiger partial charge < -0.3 is 9.84 Å². The summed E-state index contributed by atoms with van der Waals surface area (Å²) in [6.45, 7) is 1.51. The van der Waals surface area contributed by atoms with Gasteiger partial charge in [0.2, 0.25) is 5.91 Å². The number of nitrogens with zero attached hydrogens (tertiary/aromatic N) is 4. The Morgan fingerprint density at radius 3 is 2.57 bits per heavy atom. The van der Waals surface area contributed by atoms with Gasteiger partial charge in [-0.25, -0.2) is 9.88 Å². The van der Waals surface area contributed by atoms with Crippen molar-refractivity contribution < 1.29 is 19.3 Å². The summed E-state index contributed by atoms with van der Waals surface area (Å²) >= 11 is 1.28. The summed E-state index contributed by atoms with van der Waals surface area (Å²) in [6, 6.07) is 14.7. The standard InChI is InChI=1S/C20H18N4O3S/c1-12(25)23-16-7-5-4-6-15(16)17-18(26)21-20(28-3)22-24(17)19(23)13-8-10-14(27-2)11-9-13/h4-11,19H,1-3H3. The largest absolute Gasteiger partial charge is 0.854 e. The number of benzene rings is 2. The molecule has 4 rings (SSSR count). The van der Waals surface area contributed by atoms with E-state index >= 15 is 0 Å². The van der Waals surface area contributed by atoms with Crippen molar-refractivity contribution in [1.29, 1.82) is 0 Å². The molecule has 1 aromatic heterocycles. The number of carbonyl (C=O) groups is 1. The zero-order chi connectivity index (χ0) is 19.8. The lowest BCUT2D eigenvalue weighted by Crippen LogP contribution is -2.58. The third kappa shape index (κ3) is 2.86. The van der Waals surface area contributed by atoms with Gasteiger partial charge in [0.05, 0.1) is 24.2 Å². The lowest BCUT2D eigenvalue weighted by molar-refractivity contribution is -0.764. The Bertz CT molecular complexity index is 1060. The van der Waals surface area contributed by atoms with E-state index in [1.807, 2.05) is 54.8 Å². The molecule has 1 atom stereocenters. The van der Waals surface area contributed by atoms with Crippen molar-refractivity contribution in [3.8, 4) is 22.9 Å². The van der Waals surface area contributed by atoms with Gasteiger partial charge in [-0.2, -0.15) is 0 Å². The topological polar surface area (TPSA) is 82.3 Å². The molecule has 1 aliphatic rings. The fourth-order valence-electron chi connectivity index (χ4n) is 3.44. The van der Waals surface area contributed by atoms with Crippen LogP contribution in [0.25, 0.3) is 11.3 Å². The van der Waals surface area contributed by atoms with Crippen LogP contribution in [0.3, 0.4) is 0 Å². The highest BCUT2D eigenvalue weighted by Crippen LogP contribution is 2.40. The van der Waals surface area contributed by atoms with Gasteiger partial charge in [-0.1, -0.05) is 28.6 Å². The average Bonchev–Trinajstić information content (AvgIpc) is 2.72. The molecule has 0 saturated carbocycles. The van der Waals surface area contributed by atoms with E-state index in [0.29, 0.717) is 27.9 Å². The Morgan fingerprint density at radius 2 is 1.93 bits per heavy atom. The molecule has 0 N–H and O–H groups in total. The van der Waals surface area contributed by atoms with Crippen LogP contribution in [0.15, 0.2) is 53.7 Å². The van der Waals surface area contributed by atoms with Gasteiger partial charge in [-0.15, -0.1) is 0 Å². The Morgan fingerprint density at radius 1 is 1.21 bits per heavy atom.